The summed E-state index contributed by atoms with van der Waals surface area (Å²) >= 11 is 0. The summed E-state index contributed by atoms with van der Waals surface area (Å²) in [6.07, 6.45) is 9.52. The van der Waals surface area contributed by atoms with Gasteiger partial charge < -0.3 is 9.57 Å². The molecule has 0 spiro atoms. The van der Waals surface area contributed by atoms with E-state index in [2.05, 4.69) is 30.6 Å². The topological polar surface area (TPSA) is 114 Å². The number of carbonyl (C=O) groups excluding carboxylic acids is 2. The average Bonchev–Trinajstić information content (AvgIpc) is 3.00. The first-order valence-corrected chi connectivity index (χ1v) is 13.8. The minimum atomic E-state index is -3.46. The number of oxime groups is 1. The minimum Gasteiger partial charge on any atom is -0.496 e. The van der Waals surface area contributed by atoms with E-state index < -0.39 is 10.0 Å². The van der Waals surface area contributed by atoms with Gasteiger partial charge in [-0.15, -0.1) is 0 Å². The predicted molar refractivity (Wildman–Crippen MR) is 151 cm³/mol. The lowest BCUT2D eigenvalue weighted by atomic mass is 9.84. The number of anilines is 2. The number of allylic oxidation sites excluding steroid dienone is 1. The summed E-state index contributed by atoms with van der Waals surface area (Å²) in [6.45, 7) is 6.16. The quantitative estimate of drug-likeness (QED) is 0.295. The fraction of sp³-hybridized carbons (Fsp3) is 0.321. The number of ketones is 1. The van der Waals surface area contributed by atoms with Crippen molar-refractivity contribution in [1.29, 1.82) is 0 Å². The van der Waals surface area contributed by atoms with Crippen molar-refractivity contribution in [3.63, 3.8) is 0 Å². The zero-order valence-electron chi connectivity index (χ0n) is 22.4. The number of rotatable bonds is 8. The second-order valence-electron chi connectivity index (χ2n) is 9.88. The van der Waals surface area contributed by atoms with Crippen LogP contribution in [0, 0.1) is 0 Å². The van der Waals surface area contributed by atoms with E-state index in [1.807, 2.05) is 24.3 Å². The van der Waals surface area contributed by atoms with Crippen molar-refractivity contribution in [3.05, 3.63) is 64.9 Å². The summed E-state index contributed by atoms with van der Waals surface area (Å²) in [6, 6.07) is 8.81. The molecule has 202 valence electrons. The van der Waals surface area contributed by atoms with E-state index in [-0.39, 0.29) is 29.9 Å². The molecule has 10 heteroatoms. The van der Waals surface area contributed by atoms with Crippen LogP contribution >= 0.6 is 0 Å². The Balaban J connectivity index is 2.15. The van der Waals surface area contributed by atoms with Crippen LogP contribution in [0.3, 0.4) is 0 Å². The van der Waals surface area contributed by atoms with Crippen molar-refractivity contribution >= 4 is 51.5 Å². The molecule has 0 saturated heterocycles. The molecule has 0 unspecified atom stereocenters. The summed E-state index contributed by atoms with van der Waals surface area (Å²) in [5.41, 5.74) is 3.67. The van der Waals surface area contributed by atoms with Crippen LogP contribution in [0.25, 0.3) is 12.2 Å². The molecule has 0 aliphatic carbocycles. The Morgan fingerprint density at radius 3 is 2.34 bits per heavy atom. The summed E-state index contributed by atoms with van der Waals surface area (Å²) in [5, 5.41) is 3.83. The number of hydrogen-bond donors (Lipinski definition) is 1. The first-order valence-electron chi connectivity index (χ1n) is 11.9. The molecule has 9 nitrogen and oxygen atoms in total. The lowest BCUT2D eigenvalue weighted by Gasteiger charge is -2.27. The summed E-state index contributed by atoms with van der Waals surface area (Å²) in [5.74, 6) is 0.394. The number of carbonyl (C=O) groups is 2. The maximum atomic E-state index is 12.8. The van der Waals surface area contributed by atoms with Crippen LogP contribution in [0.1, 0.15) is 55.9 Å². The Morgan fingerprint density at radius 1 is 1.00 bits per heavy atom. The van der Waals surface area contributed by atoms with Crippen LogP contribution < -0.4 is 14.4 Å². The molecule has 2 aromatic rings. The molecule has 0 fully saturated rings. The highest BCUT2D eigenvalue weighted by Gasteiger charge is 2.25. The zero-order valence-corrected chi connectivity index (χ0v) is 23.3. The lowest BCUT2D eigenvalue weighted by molar-refractivity contribution is -0.121. The van der Waals surface area contributed by atoms with Crippen molar-refractivity contribution in [1.82, 2.24) is 0 Å². The Labute approximate surface area is 223 Å². The molecule has 38 heavy (non-hydrogen) atoms. The number of benzene rings is 2. The Morgan fingerprint density at radius 2 is 1.71 bits per heavy atom. The van der Waals surface area contributed by atoms with Crippen LogP contribution in [0.5, 0.6) is 5.75 Å². The molecular weight excluding hydrogens is 506 g/mol. The normalized spacial score (nSPS) is 14.8. The van der Waals surface area contributed by atoms with Gasteiger partial charge in [-0.1, -0.05) is 44.1 Å². The zero-order chi connectivity index (χ0) is 28.1. The van der Waals surface area contributed by atoms with E-state index in [9.17, 15) is 18.0 Å². The molecule has 3 rings (SSSR count). The SMILES string of the molecule is CO/N=C/c1cc(NS(C)(=O)=O)ccc1/C=C/c1cc(N2C=CC(=O)CCC2=O)cc(C(C)(C)C)c1OC. The molecule has 1 aliphatic rings. The Kier molecular flexibility index (Phi) is 8.78. The highest BCUT2D eigenvalue weighted by molar-refractivity contribution is 7.92. The first kappa shape index (κ1) is 28.6. The molecule has 0 atom stereocenters. The maximum absolute atomic E-state index is 12.8. The van der Waals surface area contributed by atoms with Gasteiger partial charge in [0.25, 0.3) is 0 Å². The Hall–Kier alpha value is -3.92. The van der Waals surface area contributed by atoms with Gasteiger partial charge in [0.1, 0.15) is 12.9 Å². The number of nitrogens with zero attached hydrogens (tertiary/aromatic N) is 2. The van der Waals surface area contributed by atoms with Gasteiger partial charge in [-0.2, -0.15) is 0 Å². The molecule has 0 bridgehead atoms. The van der Waals surface area contributed by atoms with Crippen LogP contribution in [0.4, 0.5) is 11.4 Å². The average molecular weight is 540 g/mol. The third kappa shape index (κ3) is 7.32. The molecule has 2 aromatic carbocycles. The number of hydrogen-bond acceptors (Lipinski definition) is 7. The molecule has 1 N–H and O–H groups in total. The van der Waals surface area contributed by atoms with E-state index in [0.717, 1.165) is 22.9 Å². The first-order chi connectivity index (χ1) is 17.8. The van der Waals surface area contributed by atoms with Gasteiger partial charge in [-0.05, 0) is 41.3 Å². The number of methoxy groups -OCH3 is 1. The standard InChI is InChI=1S/C28H33N3O6S/c1-28(2,3)25-17-23(31-14-13-24(32)11-12-26(31)33)16-20(27(25)36-4)8-7-19-9-10-22(30-38(6,34)35)15-21(19)18-29-37-5/h7-10,13-18,30H,11-12H2,1-6H3/b8-7+,29-18+. The number of ether oxygens (including phenoxy) is 1. The van der Waals surface area contributed by atoms with Crippen LogP contribution in [0.2, 0.25) is 0 Å². The molecule has 1 heterocycles. The van der Waals surface area contributed by atoms with Crippen LogP contribution in [-0.2, 0) is 29.9 Å². The van der Waals surface area contributed by atoms with Crippen molar-refractivity contribution in [2.24, 2.45) is 5.16 Å². The second kappa shape index (κ2) is 11.6. The predicted octanol–water partition coefficient (Wildman–Crippen LogP) is 4.72. The molecule has 0 aromatic heterocycles. The number of sulfonamides is 1. The van der Waals surface area contributed by atoms with E-state index in [0.29, 0.717) is 22.7 Å². The summed E-state index contributed by atoms with van der Waals surface area (Å²) in [7, 11) is -0.441. The highest BCUT2D eigenvalue weighted by atomic mass is 32.2. The summed E-state index contributed by atoms with van der Waals surface area (Å²) < 4.78 is 31.6. The van der Waals surface area contributed by atoms with Crippen molar-refractivity contribution in [2.75, 3.05) is 30.1 Å². The largest absolute Gasteiger partial charge is 0.496 e. The lowest BCUT2D eigenvalue weighted by Crippen LogP contribution is -2.25. The third-order valence-electron chi connectivity index (χ3n) is 5.79. The molecular formula is C28H33N3O6S. The highest BCUT2D eigenvalue weighted by Crippen LogP contribution is 2.39. The summed E-state index contributed by atoms with van der Waals surface area (Å²) in [4.78, 5) is 31.1. The monoisotopic (exact) mass is 539 g/mol. The minimum absolute atomic E-state index is 0.0930. The second-order valence-corrected chi connectivity index (χ2v) is 11.6. The molecule has 0 saturated carbocycles. The van der Waals surface area contributed by atoms with Gasteiger partial charge in [0.2, 0.25) is 15.9 Å². The third-order valence-corrected chi connectivity index (χ3v) is 6.39. The van der Waals surface area contributed by atoms with E-state index >= 15 is 0 Å². The van der Waals surface area contributed by atoms with Gasteiger partial charge in [0.15, 0.2) is 5.78 Å². The maximum Gasteiger partial charge on any atom is 0.231 e. The van der Waals surface area contributed by atoms with Gasteiger partial charge in [0, 0.05) is 47.1 Å². The van der Waals surface area contributed by atoms with Crippen molar-refractivity contribution < 1.29 is 27.6 Å². The van der Waals surface area contributed by atoms with Gasteiger partial charge in [0.05, 0.1) is 19.6 Å². The molecule has 1 aliphatic heterocycles. The van der Waals surface area contributed by atoms with E-state index in [4.69, 9.17) is 9.57 Å². The van der Waals surface area contributed by atoms with Crippen molar-refractivity contribution in [2.45, 2.75) is 39.0 Å². The fourth-order valence-electron chi connectivity index (χ4n) is 3.99. The van der Waals surface area contributed by atoms with Gasteiger partial charge in [-0.25, -0.2) is 8.42 Å². The number of nitrogens with one attached hydrogen (secondary N) is 1. The van der Waals surface area contributed by atoms with Crippen LogP contribution in [-0.4, -0.2) is 46.8 Å². The van der Waals surface area contributed by atoms with Gasteiger partial charge in [-0.3, -0.25) is 19.2 Å². The van der Waals surface area contributed by atoms with Gasteiger partial charge >= 0.3 is 0 Å². The molecule has 1 amide bonds. The number of amides is 1. The van der Waals surface area contributed by atoms with Crippen LogP contribution in [0.15, 0.2) is 47.8 Å². The fourth-order valence-corrected chi connectivity index (χ4v) is 4.55. The Bertz CT molecular complexity index is 1420. The van der Waals surface area contributed by atoms with Crippen molar-refractivity contribution in [3.8, 4) is 5.75 Å². The van der Waals surface area contributed by atoms with E-state index in [1.54, 1.807) is 25.3 Å². The van der Waals surface area contributed by atoms with E-state index in [1.165, 1.54) is 30.5 Å². The smallest absolute Gasteiger partial charge is 0.231 e. The molecule has 0 radical (unpaired) electrons.